The molecule has 0 aliphatic carbocycles. The van der Waals surface area contributed by atoms with E-state index in [0.717, 1.165) is 33.5 Å². The van der Waals surface area contributed by atoms with Gasteiger partial charge in [-0.25, -0.2) is 5.43 Å². The normalized spacial score (nSPS) is 11.0. The van der Waals surface area contributed by atoms with Crippen molar-refractivity contribution in [1.82, 2.24) is 15.0 Å². The minimum atomic E-state index is 0.287. The Morgan fingerprint density at radius 3 is 2.49 bits per heavy atom. The molecule has 0 bridgehead atoms. The number of nitrogens with zero attached hydrogens (tertiary/aromatic N) is 4. The molecule has 0 radical (unpaired) electrons. The number of benzene rings is 3. The van der Waals surface area contributed by atoms with Crippen molar-refractivity contribution in [1.29, 1.82) is 0 Å². The Bertz CT molecular complexity index is 1430. The fraction of sp³-hybridized carbons (Fsp3) is 0.0769. The van der Waals surface area contributed by atoms with Crippen molar-refractivity contribution in [3.8, 4) is 5.75 Å². The van der Waals surface area contributed by atoms with Crippen LogP contribution in [0, 0.1) is 0 Å². The molecule has 0 amide bonds. The number of aromatic nitrogens is 3. The zero-order chi connectivity index (χ0) is 23.9. The van der Waals surface area contributed by atoms with Gasteiger partial charge in [0.1, 0.15) is 11.5 Å². The second kappa shape index (κ2) is 10.3. The molecule has 0 aliphatic heterocycles. The fourth-order valence-electron chi connectivity index (χ4n) is 3.47. The number of fused-ring (bicyclic) bond motifs is 1. The van der Waals surface area contributed by atoms with Gasteiger partial charge in [-0.15, -0.1) is 0 Å². The molecule has 3 N–H and O–H groups in total. The largest absolute Gasteiger partial charge is 0.497 e. The number of furan rings is 1. The summed E-state index contributed by atoms with van der Waals surface area (Å²) in [6.45, 7) is 0.428. The molecule has 5 aromatic rings. The van der Waals surface area contributed by atoms with Gasteiger partial charge in [-0.05, 0) is 47.2 Å². The van der Waals surface area contributed by atoms with E-state index in [1.165, 1.54) is 0 Å². The molecule has 174 valence electrons. The fourth-order valence-corrected chi connectivity index (χ4v) is 3.47. The molecule has 2 heterocycles. The maximum absolute atomic E-state index is 5.38. The monoisotopic (exact) mass is 465 g/mol. The first-order valence-electron chi connectivity index (χ1n) is 11.0. The van der Waals surface area contributed by atoms with Crippen molar-refractivity contribution in [3.63, 3.8) is 0 Å². The van der Waals surface area contributed by atoms with E-state index >= 15 is 0 Å². The highest BCUT2D eigenvalue weighted by atomic mass is 16.5. The van der Waals surface area contributed by atoms with E-state index in [4.69, 9.17) is 9.15 Å². The molecule has 0 unspecified atom stereocenters. The van der Waals surface area contributed by atoms with Crippen LogP contribution in [0.25, 0.3) is 10.8 Å². The lowest BCUT2D eigenvalue weighted by molar-refractivity contribution is 0.415. The summed E-state index contributed by atoms with van der Waals surface area (Å²) >= 11 is 0. The summed E-state index contributed by atoms with van der Waals surface area (Å²) < 4.78 is 10.6. The van der Waals surface area contributed by atoms with Crippen molar-refractivity contribution in [2.75, 3.05) is 23.2 Å². The van der Waals surface area contributed by atoms with Crippen molar-refractivity contribution in [2.45, 2.75) is 6.54 Å². The Hall–Kier alpha value is -4.92. The third-order valence-corrected chi connectivity index (χ3v) is 5.17. The highest BCUT2D eigenvalue weighted by Gasteiger charge is 2.08. The van der Waals surface area contributed by atoms with Crippen molar-refractivity contribution in [2.24, 2.45) is 5.10 Å². The number of nitrogens with one attached hydrogen (secondary N) is 3. The smallest absolute Gasteiger partial charge is 0.250 e. The molecule has 2 aromatic heterocycles. The lowest BCUT2D eigenvalue weighted by Gasteiger charge is -2.10. The van der Waals surface area contributed by atoms with Crippen LogP contribution in [0.2, 0.25) is 0 Å². The van der Waals surface area contributed by atoms with Crippen molar-refractivity contribution < 1.29 is 9.15 Å². The average molecular weight is 466 g/mol. The van der Waals surface area contributed by atoms with E-state index in [2.05, 4.69) is 54.3 Å². The number of ether oxygens (including phenoxy) is 1. The molecule has 0 saturated carbocycles. The first-order valence-corrected chi connectivity index (χ1v) is 11.0. The van der Waals surface area contributed by atoms with Crippen LogP contribution in [0.4, 0.5) is 23.5 Å². The second-order valence-corrected chi connectivity index (χ2v) is 7.53. The molecule has 0 fully saturated rings. The summed E-state index contributed by atoms with van der Waals surface area (Å²) in [6, 6.07) is 25.4. The molecular formula is C26H23N7O2. The minimum absolute atomic E-state index is 0.287. The quantitative estimate of drug-likeness (QED) is 0.195. The zero-order valence-corrected chi connectivity index (χ0v) is 19.0. The van der Waals surface area contributed by atoms with Crippen LogP contribution in [0.15, 0.2) is 94.6 Å². The molecule has 9 nitrogen and oxygen atoms in total. The SMILES string of the molecule is COc1ccc(Nc2nc(NCc3ccco3)nc(N/N=C/c3cccc4ccccc34)n2)cc1. The van der Waals surface area contributed by atoms with Gasteiger partial charge < -0.3 is 19.8 Å². The van der Waals surface area contributed by atoms with E-state index in [9.17, 15) is 0 Å². The summed E-state index contributed by atoms with van der Waals surface area (Å²) in [7, 11) is 1.63. The predicted octanol–water partition coefficient (Wildman–Crippen LogP) is 5.43. The molecular weight excluding hydrogens is 442 g/mol. The van der Waals surface area contributed by atoms with Crippen LogP contribution in [0.1, 0.15) is 11.3 Å². The van der Waals surface area contributed by atoms with Crippen LogP contribution in [0.3, 0.4) is 0 Å². The maximum atomic E-state index is 5.38. The minimum Gasteiger partial charge on any atom is -0.497 e. The van der Waals surface area contributed by atoms with Gasteiger partial charge in [0, 0.05) is 11.3 Å². The Balaban J connectivity index is 1.37. The number of anilines is 4. The van der Waals surface area contributed by atoms with Crippen LogP contribution < -0.4 is 20.8 Å². The lowest BCUT2D eigenvalue weighted by atomic mass is 10.1. The van der Waals surface area contributed by atoms with E-state index < -0.39 is 0 Å². The van der Waals surface area contributed by atoms with Gasteiger partial charge in [0.25, 0.3) is 0 Å². The first-order chi connectivity index (χ1) is 17.3. The molecule has 3 aromatic carbocycles. The highest BCUT2D eigenvalue weighted by Crippen LogP contribution is 2.20. The predicted molar refractivity (Wildman–Crippen MR) is 137 cm³/mol. The van der Waals surface area contributed by atoms with Crippen molar-refractivity contribution >= 4 is 40.5 Å². The van der Waals surface area contributed by atoms with Crippen LogP contribution in [-0.2, 0) is 6.54 Å². The summed E-state index contributed by atoms with van der Waals surface area (Å²) in [6.07, 6.45) is 3.37. The third-order valence-electron chi connectivity index (χ3n) is 5.17. The number of hydrogen-bond donors (Lipinski definition) is 3. The Labute approximate surface area is 201 Å². The summed E-state index contributed by atoms with van der Waals surface area (Å²) in [5.74, 6) is 2.54. The number of rotatable bonds is 9. The summed E-state index contributed by atoms with van der Waals surface area (Å²) in [5.41, 5.74) is 4.71. The highest BCUT2D eigenvalue weighted by molar-refractivity contribution is 5.99. The van der Waals surface area contributed by atoms with Gasteiger partial charge in [-0.2, -0.15) is 20.1 Å². The Morgan fingerprint density at radius 2 is 1.66 bits per heavy atom. The van der Waals surface area contributed by atoms with Gasteiger partial charge in [-0.3, -0.25) is 0 Å². The third kappa shape index (κ3) is 5.53. The zero-order valence-electron chi connectivity index (χ0n) is 19.0. The van der Waals surface area contributed by atoms with Gasteiger partial charge >= 0.3 is 0 Å². The van der Waals surface area contributed by atoms with Gasteiger partial charge in [0.2, 0.25) is 17.8 Å². The number of methoxy groups -OCH3 is 1. The molecule has 0 saturated heterocycles. The summed E-state index contributed by atoms with van der Waals surface area (Å²) in [5, 5.41) is 13.0. The van der Waals surface area contributed by atoms with E-state index in [-0.39, 0.29) is 5.95 Å². The van der Waals surface area contributed by atoms with Gasteiger partial charge in [0.05, 0.1) is 26.1 Å². The second-order valence-electron chi connectivity index (χ2n) is 7.53. The standard InChI is InChI=1S/C26H23N7O2/c1-34-21-13-11-20(12-14-21)29-25-30-24(27-17-22-9-5-15-35-22)31-26(32-25)33-28-16-19-8-4-7-18-6-2-3-10-23(18)19/h2-16H,17H2,1H3,(H3,27,29,30,31,32,33)/b28-16+. The van der Waals surface area contributed by atoms with Crippen LogP contribution in [-0.4, -0.2) is 28.3 Å². The van der Waals surface area contributed by atoms with Gasteiger partial charge in [-0.1, -0.05) is 42.5 Å². The maximum Gasteiger partial charge on any atom is 0.250 e. The first kappa shape index (κ1) is 21.9. The topological polar surface area (TPSA) is 109 Å². The van der Waals surface area contributed by atoms with E-state index in [0.29, 0.717) is 18.4 Å². The van der Waals surface area contributed by atoms with E-state index in [1.54, 1.807) is 19.6 Å². The number of hydrazone groups is 1. The lowest BCUT2D eigenvalue weighted by Crippen LogP contribution is -2.09. The van der Waals surface area contributed by atoms with Crippen molar-refractivity contribution in [3.05, 3.63) is 96.4 Å². The molecule has 9 heteroatoms. The van der Waals surface area contributed by atoms with Gasteiger partial charge in [0.15, 0.2) is 0 Å². The Morgan fingerprint density at radius 1 is 0.857 bits per heavy atom. The summed E-state index contributed by atoms with van der Waals surface area (Å²) in [4.78, 5) is 13.4. The molecule has 0 aliphatic rings. The molecule has 35 heavy (non-hydrogen) atoms. The Kier molecular flexibility index (Phi) is 6.47. The van der Waals surface area contributed by atoms with E-state index in [1.807, 2.05) is 60.7 Å². The average Bonchev–Trinajstić information content (AvgIpc) is 3.42. The molecule has 5 rings (SSSR count). The molecule has 0 spiro atoms. The number of hydrogen-bond acceptors (Lipinski definition) is 9. The molecule has 0 atom stereocenters. The van der Waals surface area contributed by atoms with Crippen LogP contribution >= 0.6 is 0 Å². The van der Waals surface area contributed by atoms with Crippen LogP contribution in [0.5, 0.6) is 5.75 Å².